The monoisotopic (exact) mass is 441 g/mol. The van der Waals surface area contributed by atoms with E-state index in [2.05, 4.69) is 5.32 Å². The Kier molecular flexibility index (Phi) is 7.05. The highest BCUT2D eigenvalue weighted by Crippen LogP contribution is 2.22. The van der Waals surface area contributed by atoms with Crippen molar-refractivity contribution in [3.8, 4) is 6.07 Å². The fourth-order valence-corrected chi connectivity index (χ4v) is 4.79. The molecule has 0 bridgehead atoms. The van der Waals surface area contributed by atoms with Crippen molar-refractivity contribution in [3.63, 3.8) is 0 Å². The lowest BCUT2D eigenvalue weighted by atomic mass is 10.2. The summed E-state index contributed by atoms with van der Waals surface area (Å²) in [4.78, 5) is 24.9. The molecule has 8 nitrogen and oxygen atoms in total. The standard InChI is InChI=1S/C22H23N3O5S/c1-16(21(26)24-19-9-5-7-17(13-19)15-23)30-22(27)18-8-6-10-20(14-18)31(28,29)25-11-3-2-4-12-25/h5-10,13-14,16H,2-4,11-12H2,1H3,(H,24,26). The SMILES string of the molecule is CC(OC(=O)c1cccc(S(=O)(=O)N2CCCCC2)c1)C(=O)Nc1cccc(C#N)c1. The van der Waals surface area contributed by atoms with Gasteiger partial charge in [0.05, 0.1) is 22.1 Å². The number of nitriles is 1. The Hall–Kier alpha value is -3.22. The van der Waals surface area contributed by atoms with E-state index >= 15 is 0 Å². The molecular formula is C22H23N3O5S. The largest absolute Gasteiger partial charge is 0.449 e. The van der Waals surface area contributed by atoms with Gasteiger partial charge in [0, 0.05) is 18.8 Å². The first-order valence-corrected chi connectivity index (χ1v) is 11.4. The molecule has 0 spiro atoms. The summed E-state index contributed by atoms with van der Waals surface area (Å²) in [7, 11) is -3.69. The summed E-state index contributed by atoms with van der Waals surface area (Å²) in [5, 5.41) is 11.5. The third-order valence-electron chi connectivity index (χ3n) is 4.93. The van der Waals surface area contributed by atoms with Gasteiger partial charge in [0.1, 0.15) is 0 Å². The van der Waals surface area contributed by atoms with Gasteiger partial charge in [-0.15, -0.1) is 0 Å². The second-order valence-electron chi connectivity index (χ2n) is 7.22. The van der Waals surface area contributed by atoms with Gasteiger partial charge in [0.25, 0.3) is 5.91 Å². The highest BCUT2D eigenvalue weighted by molar-refractivity contribution is 7.89. The number of carbonyl (C=O) groups excluding carboxylic acids is 2. The zero-order valence-corrected chi connectivity index (χ0v) is 17.9. The van der Waals surface area contributed by atoms with Gasteiger partial charge in [-0.05, 0) is 56.2 Å². The first kappa shape index (κ1) is 22.5. The van der Waals surface area contributed by atoms with Gasteiger partial charge in [0.15, 0.2) is 6.10 Å². The van der Waals surface area contributed by atoms with Crippen LogP contribution in [0.1, 0.15) is 42.1 Å². The molecule has 1 saturated heterocycles. The molecule has 1 N–H and O–H groups in total. The van der Waals surface area contributed by atoms with Crippen LogP contribution in [-0.4, -0.2) is 43.8 Å². The van der Waals surface area contributed by atoms with Crippen LogP contribution in [0.4, 0.5) is 5.69 Å². The van der Waals surface area contributed by atoms with E-state index in [4.69, 9.17) is 10.00 Å². The van der Waals surface area contributed by atoms with Crippen LogP contribution in [0.5, 0.6) is 0 Å². The summed E-state index contributed by atoms with van der Waals surface area (Å²) < 4.78 is 32.3. The minimum Gasteiger partial charge on any atom is -0.449 e. The maximum Gasteiger partial charge on any atom is 0.338 e. The van der Waals surface area contributed by atoms with E-state index < -0.39 is 28.0 Å². The lowest BCUT2D eigenvalue weighted by Gasteiger charge is -2.26. The van der Waals surface area contributed by atoms with Crippen molar-refractivity contribution in [2.24, 2.45) is 0 Å². The predicted octanol–water partition coefficient (Wildman–Crippen LogP) is 2.92. The number of nitrogens with zero attached hydrogens (tertiary/aromatic N) is 2. The maximum atomic E-state index is 12.8. The minimum absolute atomic E-state index is 0.0225. The van der Waals surface area contributed by atoms with Crippen LogP contribution in [-0.2, 0) is 19.6 Å². The molecule has 1 heterocycles. The number of rotatable bonds is 6. The summed E-state index contributed by atoms with van der Waals surface area (Å²) >= 11 is 0. The van der Waals surface area contributed by atoms with E-state index in [0.29, 0.717) is 24.3 Å². The molecule has 1 aliphatic rings. The molecule has 2 aromatic carbocycles. The molecule has 0 saturated carbocycles. The molecule has 1 fully saturated rings. The second kappa shape index (κ2) is 9.73. The number of esters is 1. The van der Waals surface area contributed by atoms with Crippen molar-refractivity contribution in [3.05, 3.63) is 59.7 Å². The molecule has 1 aliphatic heterocycles. The second-order valence-corrected chi connectivity index (χ2v) is 9.16. The molecule has 9 heteroatoms. The van der Waals surface area contributed by atoms with Gasteiger partial charge in [0.2, 0.25) is 10.0 Å². The maximum absolute atomic E-state index is 12.8. The van der Waals surface area contributed by atoms with Gasteiger partial charge >= 0.3 is 5.97 Å². The van der Waals surface area contributed by atoms with Crippen molar-refractivity contribution in [1.82, 2.24) is 4.31 Å². The smallest absolute Gasteiger partial charge is 0.338 e. The van der Waals surface area contributed by atoms with Gasteiger partial charge in [-0.1, -0.05) is 18.6 Å². The highest BCUT2D eigenvalue weighted by Gasteiger charge is 2.27. The third-order valence-corrected chi connectivity index (χ3v) is 6.83. The Morgan fingerprint density at radius 2 is 1.81 bits per heavy atom. The lowest BCUT2D eigenvalue weighted by molar-refractivity contribution is -0.123. The van der Waals surface area contributed by atoms with Gasteiger partial charge in [-0.3, -0.25) is 4.79 Å². The average molecular weight is 442 g/mol. The van der Waals surface area contributed by atoms with Crippen molar-refractivity contribution in [2.45, 2.75) is 37.2 Å². The average Bonchev–Trinajstić information content (AvgIpc) is 2.79. The van der Waals surface area contributed by atoms with Crippen LogP contribution in [0.3, 0.4) is 0 Å². The number of carbonyl (C=O) groups is 2. The summed E-state index contributed by atoms with van der Waals surface area (Å²) in [5.74, 6) is -1.37. The van der Waals surface area contributed by atoms with Gasteiger partial charge in [-0.2, -0.15) is 9.57 Å². The van der Waals surface area contributed by atoms with E-state index in [1.165, 1.54) is 41.6 Å². The van der Waals surface area contributed by atoms with Crippen LogP contribution in [0.15, 0.2) is 53.4 Å². The topological polar surface area (TPSA) is 117 Å². The van der Waals surface area contributed by atoms with Crippen molar-refractivity contribution in [1.29, 1.82) is 5.26 Å². The van der Waals surface area contributed by atoms with Crippen molar-refractivity contribution >= 4 is 27.6 Å². The molecule has 31 heavy (non-hydrogen) atoms. The van der Waals surface area contributed by atoms with Crippen LogP contribution < -0.4 is 5.32 Å². The molecule has 1 amide bonds. The van der Waals surface area contributed by atoms with Gasteiger partial charge < -0.3 is 10.1 Å². The van der Waals surface area contributed by atoms with Crippen molar-refractivity contribution < 1.29 is 22.7 Å². The van der Waals surface area contributed by atoms with Crippen LogP contribution >= 0.6 is 0 Å². The molecule has 0 aromatic heterocycles. The number of ether oxygens (including phenoxy) is 1. The number of nitrogens with one attached hydrogen (secondary N) is 1. The Morgan fingerprint density at radius 1 is 1.10 bits per heavy atom. The minimum atomic E-state index is -3.69. The number of hydrogen-bond acceptors (Lipinski definition) is 6. The lowest BCUT2D eigenvalue weighted by Crippen LogP contribution is -2.35. The molecule has 1 unspecified atom stereocenters. The number of anilines is 1. The molecular weight excluding hydrogens is 418 g/mol. The fourth-order valence-electron chi connectivity index (χ4n) is 3.23. The fraction of sp³-hybridized carbons (Fsp3) is 0.318. The zero-order chi connectivity index (χ0) is 22.4. The molecule has 162 valence electrons. The van der Waals surface area contributed by atoms with Gasteiger partial charge in [-0.25, -0.2) is 13.2 Å². The Morgan fingerprint density at radius 3 is 2.52 bits per heavy atom. The summed E-state index contributed by atoms with van der Waals surface area (Å²) in [6.07, 6.45) is 1.50. The highest BCUT2D eigenvalue weighted by atomic mass is 32.2. The quantitative estimate of drug-likeness (QED) is 0.689. The zero-order valence-electron chi connectivity index (χ0n) is 17.1. The van der Waals surface area contributed by atoms with E-state index in [9.17, 15) is 18.0 Å². The van der Waals surface area contributed by atoms with Crippen LogP contribution in [0.2, 0.25) is 0 Å². The first-order chi connectivity index (χ1) is 14.8. The Bertz CT molecular complexity index is 1120. The molecule has 0 aliphatic carbocycles. The van der Waals surface area contributed by atoms with E-state index in [-0.39, 0.29) is 10.5 Å². The number of hydrogen-bond donors (Lipinski definition) is 1. The number of benzene rings is 2. The van der Waals surface area contributed by atoms with E-state index in [1.54, 1.807) is 18.2 Å². The third kappa shape index (κ3) is 5.48. The number of amides is 1. The number of piperidine rings is 1. The normalized spacial score (nSPS) is 15.5. The first-order valence-electron chi connectivity index (χ1n) is 9.93. The van der Waals surface area contributed by atoms with Crippen molar-refractivity contribution in [2.75, 3.05) is 18.4 Å². The Labute approximate surface area is 181 Å². The molecule has 0 radical (unpaired) electrons. The molecule has 1 atom stereocenters. The summed E-state index contributed by atoms with van der Waals surface area (Å²) in [6, 6.07) is 14.0. The molecule has 2 aromatic rings. The molecule has 3 rings (SSSR count). The summed E-state index contributed by atoms with van der Waals surface area (Å²) in [5.41, 5.74) is 0.833. The summed E-state index contributed by atoms with van der Waals surface area (Å²) in [6.45, 7) is 2.33. The van der Waals surface area contributed by atoms with E-state index in [1.807, 2.05) is 6.07 Å². The Balaban J connectivity index is 1.68. The van der Waals surface area contributed by atoms with E-state index in [0.717, 1.165) is 19.3 Å². The van der Waals surface area contributed by atoms with Crippen LogP contribution in [0.25, 0.3) is 0 Å². The van der Waals surface area contributed by atoms with Crippen LogP contribution in [0, 0.1) is 11.3 Å². The number of sulfonamides is 1. The predicted molar refractivity (Wildman–Crippen MR) is 114 cm³/mol.